The molecule has 0 aliphatic rings. The van der Waals surface area contributed by atoms with Crippen molar-refractivity contribution in [1.29, 1.82) is 0 Å². The van der Waals surface area contributed by atoms with Gasteiger partial charge in [-0.1, -0.05) is 13.0 Å². The first-order chi connectivity index (χ1) is 8.55. The van der Waals surface area contributed by atoms with Crippen molar-refractivity contribution in [2.75, 3.05) is 0 Å². The molecular formula is C12H12F2N3O. The molecule has 0 saturated heterocycles. The van der Waals surface area contributed by atoms with Crippen molar-refractivity contribution >= 4 is 0 Å². The van der Waals surface area contributed by atoms with E-state index in [0.29, 0.717) is 0 Å². The minimum Gasteiger partial charge on any atom is -0.383 e. The number of nitrogens with zero attached hydrogens (tertiary/aromatic N) is 3. The molecule has 95 valence electrons. The van der Waals surface area contributed by atoms with E-state index >= 15 is 0 Å². The monoisotopic (exact) mass is 252 g/mol. The van der Waals surface area contributed by atoms with Crippen molar-refractivity contribution in [3.63, 3.8) is 0 Å². The van der Waals surface area contributed by atoms with Crippen molar-refractivity contribution in [2.24, 2.45) is 0 Å². The Hall–Kier alpha value is -1.82. The predicted molar refractivity (Wildman–Crippen MR) is 60.3 cm³/mol. The van der Waals surface area contributed by atoms with Gasteiger partial charge < -0.3 is 5.11 Å². The van der Waals surface area contributed by atoms with Crippen LogP contribution < -0.4 is 0 Å². The Bertz CT molecular complexity index is 530. The summed E-state index contributed by atoms with van der Waals surface area (Å²) < 4.78 is 27.9. The van der Waals surface area contributed by atoms with Crippen LogP contribution in [0.1, 0.15) is 12.5 Å². The number of rotatable bonds is 4. The van der Waals surface area contributed by atoms with Gasteiger partial charge in [-0.3, -0.25) is 0 Å². The van der Waals surface area contributed by atoms with E-state index in [-0.39, 0.29) is 12.1 Å². The van der Waals surface area contributed by atoms with Gasteiger partial charge in [-0.15, -0.1) is 0 Å². The van der Waals surface area contributed by atoms with E-state index < -0.39 is 17.2 Å². The maximum absolute atomic E-state index is 13.7. The van der Waals surface area contributed by atoms with E-state index in [4.69, 9.17) is 0 Å². The third-order valence-corrected chi connectivity index (χ3v) is 2.74. The maximum Gasteiger partial charge on any atom is 0.137 e. The molecule has 1 radical (unpaired) electrons. The molecule has 2 aromatic rings. The second-order valence-corrected chi connectivity index (χ2v) is 3.93. The first-order valence-electron chi connectivity index (χ1n) is 5.36. The van der Waals surface area contributed by atoms with Gasteiger partial charge in [0.2, 0.25) is 0 Å². The van der Waals surface area contributed by atoms with Crippen LogP contribution in [0.3, 0.4) is 0 Å². The summed E-state index contributed by atoms with van der Waals surface area (Å²) in [4.78, 5) is 3.74. The lowest BCUT2D eigenvalue weighted by Gasteiger charge is -2.27. The molecule has 1 aromatic heterocycles. The second-order valence-electron chi connectivity index (χ2n) is 3.93. The average Bonchev–Trinajstić information content (AvgIpc) is 2.81. The summed E-state index contributed by atoms with van der Waals surface area (Å²) in [6.07, 6.45) is 4.16. The van der Waals surface area contributed by atoms with Gasteiger partial charge in [0.05, 0.1) is 6.54 Å². The zero-order chi connectivity index (χ0) is 13.2. The zero-order valence-corrected chi connectivity index (χ0v) is 9.72. The predicted octanol–water partition coefficient (Wildman–Crippen LogP) is 1.67. The minimum atomic E-state index is -1.56. The lowest BCUT2D eigenvalue weighted by atomic mass is 9.90. The SMILES string of the molecule is C[CH]C(O)(Cn1cncn1)c1ccc(F)cc1F. The van der Waals surface area contributed by atoms with Gasteiger partial charge in [0, 0.05) is 11.6 Å². The Morgan fingerprint density at radius 1 is 1.44 bits per heavy atom. The zero-order valence-electron chi connectivity index (χ0n) is 9.72. The van der Waals surface area contributed by atoms with Crippen LogP contribution in [0.25, 0.3) is 0 Å². The van der Waals surface area contributed by atoms with Gasteiger partial charge >= 0.3 is 0 Å². The van der Waals surface area contributed by atoms with Crippen LogP contribution in [0.15, 0.2) is 30.9 Å². The van der Waals surface area contributed by atoms with E-state index in [1.807, 2.05) is 0 Å². The van der Waals surface area contributed by atoms with Crippen LogP contribution in [0.4, 0.5) is 8.78 Å². The third-order valence-electron chi connectivity index (χ3n) is 2.74. The molecule has 1 atom stereocenters. The Balaban J connectivity index is 2.36. The van der Waals surface area contributed by atoms with Gasteiger partial charge in [-0.05, 0) is 12.5 Å². The molecule has 0 aliphatic heterocycles. The smallest absolute Gasteiger partial charge is 0.137 e. The fourth-order valence-electron chi connectivity index (χ4n) is 1.73. The summed E-state index contributed by atoms with van der Waals surface area (Å²) in [6.45, 7) is 1.60. The number of hydrogen-bond donors (Lipinski definition) is 1. The van der Waals surface area contributed by atoms with Crippen LogP contribution in [-0.4, -0.2) is 19.9 Å². The Morgan fingerprint density at radius 2 is 2.22 bits per heavy atom. The van der Waals surface area contributed by atoms with Crippen LogP contribution in [-0.2, 0) is 12.1 Å². The number of aromatic nitrogens is 3. The Morgan fingerprint density at radius 3 is 2.78 bits per heavy atom. The highest BCUT2D eigenvalue weighted by Crippen LogP contribution is 2.28. The number of benzene rings is 1. The summed E-state index contributed by atoms with van der Waals surface area (Å²) in [6, 6.07) is 3.07. The lowest BCUT2D eigenvalue weighted by Crippen LogP contribution is -2.32. The normalized spacial score (nSPS) is 14.4. The molecule has 0 spiro atoms. The quantitative estimate of drug-likeness (QED) is 0.900. The third kappa shape index (κ3) is 2.38. The van der Waals surface area contributed by atoms with Crippen molar-refractivity contribution in [3.05, 3.63) is 54.5 Å². The lowest BCUT2D eigenvalue weighted by molar-refractivity contribution is 0.0452. The highest BCUT2D eigenvalue weighted by atomic mass is 19.1. The van der Waals surface area contributed by atoms with E-state index in [2.05, 4.69) is 10.1 Å². The summed E-state index contributed by atoms with van der Waals surface area (Å²) in [5, 5.41) is 14.3. The van der Waals surface area contributed by atoms with Gasteiger partial charge in [0.1, 0.15) is 29.9 Å². The first kappa shape index (κ1) is 12.6. The molecule has 18 heavy (non-hydrogen) atoms. The van der Waals surface area contributed by atoms with Crippen LogP contribution in [0, 0.1) is 18.1 Å². The van der Waals surface area contributed by atoms with E-state index in [9.17, 15) is 13.9 Å². The van der Waals surface area contributed by atoms with Crippen molar-refractivity contribution in [3.8, 4) is 0 Å². The van der Waals surface area contributed by atoms with Gasteiger partial charge in [-0.25, -0.2) is 18.4 Å². The van der Waals surface area contributed by atoms with E-state index in [1.54, 1.807) is 6.92 Å². The van der Waals surface area contributed by atoms with Crippen molar-refractivity contribution in [1.82, 2.24) is 14.8 Å². The van der Waals surface area contributed by atoms with E-state index in [1.165, 1.54) is 29.8 Å². The molecule has 1 heterocycles. The Labute approximate surface area is 103 Å². The summed E-state index contributed by atoms with van der Waals surface area (Å²) in [5.74, 6) is -1.48. The van der Waals surface area contributed by atoms with Gasteiger partial charge in [0.15, 0.2) is 0 Å². The number of hydrogen-bond acceptors (Lipinski definition) is 3. The van der Waals surface area contributed by atoms with Crippen molar-refractivity contribution < 1.29 is 13.9 Å². The van der Waals surface area contributed by atoms with Gasteiger partial charge in [-0.2, -0.15) is 5.10 Å². The molecule has 1 unspecified atom stereocenters. The summed E-state index contributed by atoms with van der Waals surface area (Å²) in [7, 11) is 0. The number of halogens is 2. The number of aliphatic hydroxyl groups is 1. The second kappa shape index (κ2) is 4.81. The molecule has 1 aromatic carbocycles. The largest absolute Gasteiger partial charge is 0.383 e. The van der Waals surface area contributed by atoms with Gasteiger partial charge in [0.25, 0.3) is 0 Å². The maximum atomic E-state index is 13.7. The fourth-order valence-corrected chi connectivity index (χ4v) is 1.73. The molecule has 0 saturated carbocycles. The molecule has 0 aliphatic carbocycles. The Kier molecular flexibility index (Phi) is 3.38. The molecule has 0 amide bonds. The van der Waals surface area contributed by atoms with Crippen LogP contribution in [0.2, 0.25) is 0 Å². The molecule has 0 bridgehead atoms. The minimum absolute atomic E-state index is 0.00176. The summed E-state index contributed by atoms with van der Waals surface area (Å²) >= 11 is 0. The highest BCUT2D eigenvalue weighted by Gasteiger charge is 2.31. The van der Waals surface area contributed by atoms with E-state index in [0.717, 1.165) is 12.1 Å². The molecule has 1 N–H and O–H groups in total. The highest BCUT2D eigenvalue weighted by molar-refractivity contribution is 5.27. The van der Waals surface area contributed by atoms with Crippen LogP contribution >= 0.6 is 0 Å². The molecular weight excluding hydrogens is 240 g/mol. The first-order valence-corrected chi connectivity index (χ1v) is 5.36. The fraction of sp³-hybridized carbons (Fsp3) is 0.250. The molecule has 6 heteroatoms. The molecule has 4 nitrogen and oxygen atoms in total. The summed E-state index contributed by atoms with van der Waals surface area (Å²) in [5.41, 5.74) is -1.56. The topological polar surface area (TPSA) is 50.9 Å². The molecule has 2 rings (SSSR count). The van der Waals surface area contributed by atoms with Crippen LogP contribution in [0.5, 0.6) is 0 Å². The standard InChI is InChI=1S/C12H12F2N3O/c1-2-12(18,6-17-8-15-7-16-17)10-4-3-9(13)5-11(10)14/h2-5,7-8,18H,6H2,1H3. The van der Waals surface area contributed by atoms with Crippen molar-refractivity contribution in [2.45, 2.75) is 19.1 Å². The average molecular weight is 252 g/mol. The molecule has 0 fully saturated rings.